The molecule has 1 saturated heterocycles. The molecule has 0 saturated carbocycles. The molecule has 1 fully saturated rings. The van der Waals surface area contributed by atoms with Gasteiger partial charge in [0, 0.05) is 37.1 Å². The average Bonchev–Trinajstić information content (AvgIpc) is 3.21. The van der Waals surface area contributed by atoms with Gasteiger partial charge in [0.25, 0.3) is 0 Å². The van der Waals surface area contributed by atoms with Crippen LogP contribution in [0.1, 0.15) is 36.0 Å². The average molecular weight is 554 g/mol. The fourth-order valence-corrected chi connectivity index (χ4v) is 4.10. The van der Waals surface area contributed by atoms with Crippen molar-refractivity contribution in [1.82, 2.24) is 15.6 Å². The molecule has 0 bridgehead atoms. The lowest BCUT2D eigenvalue weighted by Gasteiger charge is -2.38. The Morgan fingerprint density at radius 1 is 1.20 bits per heavy atom. The van der Waals surface area contributed by atoms with Crippen LogP contribution < -0.4 is 10.6 Å². The standard InChI is InChI=1S/C20H25F3N4OS.HI/c1-2-24-18(25-12-17-27-16(13-29-17)20(21,22)23)26-14-19(8-10-28-11-9-19)15-6-4-3-5-7-15;/h3-7,13H,2,8-12,14H2,1H3,(H2,24,25,26);1H. The first kappa shape index (κ1) is 24.9. The topological polar surface area (TPSA) is 58.5 Å². The molecule has 10 heteroatoms. The predicted octanol–water partition coefficient (Wildman–Crippen LogP) is 4.58. The summed E-state index contributed by atoms with van der Waals surface area (Å²) in [5.74, 6) is 0.568. The SMILES string of the molecule is CCNC(=NCc1nc(C(F)(F)F)cs1)NCC1(c2ccccc2)CCOCC1.I. The zero-order valence-electron chi connectivity index (χ0n) is 16.7. The molecular weight excluding hydrogens is 528 g/mol. The maximum atomic E-state index is 12.7. The first-order valence-electron chi connectivity index (χ1n) is 9.60. The van der Waals surface area contributed by atoms with Crippen LogP contribution in [0.2, 0.25) is 0 Å². The minimum absolute atomic E-state index is 0. The van der Waals surface area contributed by atoms with E-state index in [1.165, 1.54) is 5.56 Å². The van der Waals surface area contributed by atoms with E-state index < -0.39 is 11.9 Å². The summed E-state index contributed by atoms with van der Waals surface area (Å²) in [5, 5.41) is 7.89. The minimum Gasteiger partial charge on any atom is -0.381 e. The Labute approximate surface area is 195 Å². The van der Waals surface area contributed by atoms with Crippen LogP contribution in [0.25, 0.3) is 0 Å². The number of thiazole rings is 1. The van der Waals surface area contributed by atoms with Crippen molar-refractivity contribution in [1.29, 1.82) is 0 Å². The van der Waals surface area contributed by atoms with Crippen molar-refractivity contribution < 1.29 is 17.9 Å². The lowest BCUT2D eigenvalue weighted by Crippen LogP contribution is -2.48. The molecule has 1 aromatic heterocycles. The first-order chi connectivity index (χ1) is 13.9. The fourth-order valence-electron chi connectivity index (χ4n) is 3.38. The van der Waals surface area contributed by atoms with Crippen molar-refractivity contribution >= 4 is 41.3 Å². The van der Waals surface area contributed by atoms with Gasteiger partial charge in [0.1, 0.15) is 5.01 Å². The highest BCUT2D eigenvalue weighted by molar-refractivity contribution is 14.0. The molecule has 0 unspecified atom stereocenters. The summed E-state index contributed by atoms with van der Waals surface area (Å²) in [6, 6.07) is 10.3. The van der Waals surface area contributed by atoms with Gasteiger partial charge in [-0.2, -0.15) is 13.2 Å². The first-order valence-corrected chi connectivity index (χ1v) is 10.5. The second-order valence-corrected chi connectivity index (χ2v) is 7.87. The van der Waals surface area contributed by atoms with E-state index in [2.05, 4.69) is 32.7 Å². The van der Waals surface area contributed by atoms with Crippen molar-refractivity contribution in [3.05, 3.63) is 52.0 Å². The summed E-state index contributed by atoms with van der Waals surface area (Å²) in [4.78, 5) is 8.07. The number of guanidine groups is 1. The zero-order chi connectivity index (χ0) is 20.7. The molecule has 2 N–H and O–H groups in total. The lowest BCUT2D eigenvalue weighted by atomic mass is 9.74. The fraction of sp³-hybridized carbons (Fsp3) is 0.500. The van der Waals surface area contributed by atoms with Gasteiger partial charge in [-0.15, -0.1) is 35.3 Å². The van der Waals surface area contributed by atoms with Crippen LogP contribution in [0.5, 0.6) is 0 Å². The van der Waals surface area contributed by atoms with Gasteiger partial charge in [0.2, 0.25) is 0 Å². The van der Waals surface area contributed by atoms with Gasteiger partial charge >= 0.3 is 6.18 Å². The van der Waals surface area contributed by atoms with Crippen LogP contribution in [0.4, 0.5) is 13.2 Å². The Morgan fingerprint density at radius 3 is 2.50 bits per heavy atom. The van der Waals surface area contributed by atoms with Crippen LogP contribution in [0.3, 0.4) is 0 Å². The van der Waals surface area contributed by atoms with Crippen LogP contribution in [0.15, 0.2) is 40.7 Å². The number of aliphatic imine (C=N–C) groups is 1. The molecular formula is C20H26F3IN4OS. The van der Waals surface area contributed by atoms with E-state index in [0.29, 0.717) is 37.3 Å². The molecule has 1 aliphatic rings. The number of rotatable bonds is 6. The highest BCUT2D eigenvalue weighted by atomic mass is 127. The summed E-state index contributed by atoms with van der Waals surface area (Å²) in [5.41, 5.74) is 0.317. The number of ether oxygens (including phenoxy) is 1. The number of benzene rings is 1. The van der Waals surface area contributed by atoms with Crippen LogP contribution >= 0.6 is 35.3 Å². The Balaban J connectivity index is 0.00000320. The molecule has 1 aromatic carbocycles. The van der Waals surface area contributed by atoms with E-state index in [1.807, 2.05) is 25.1 Å². The van der Waals surface area contributed by atoms with Crippen molar-refractivity contribution in [2.24, 2.45) is 4.99 Å². The summed E-state index contributed by atoms with van der Waals surface area (Å²) in [6.45, 7) is 4.76. The van der Waals surface area contributed by atoms with Crippen LogP contribution in [-0.4, -0.2) is 37.2 Å². The van der Waals surface area contributed by atoms with Crippen molar-refractivity contribution in [3.8, 4) is 0 Å². The number of nitrogens with zero attached hydrogens (tertiary/aromatic N) is 2. The third-order valence-corrected chi connectivity index (χ3v) is 5.82. The number of hydrogen-bond acceptors (Lipinski definition) is 4. The third-order valence-electron chi connectivity index (χ3n) is 4.99. The van der Waals surface area contributed by atoms with E-state index >= 15 is 0 Å². The largest absolute Gasteiger partial charge is 0.434 e. The molecule has 0 spiro atoms. The molecule has 0 atom stereocenters. The second-order valence-electron chi connectivity index (χ2n) is 6.93. The highest BCUT2D eigenvalue weighted by Gasteiger charge is 2.35. The van der Waals surface area contributed by atoms with E-state index in [0.717, 1.165) is 29.6 Å². The Hall–Kier alpha value is -1.40. The quantitative estimate of drug-likeness (QED) is 0.312. The summed E-state index contributed by atoms with van der Waals surface area (Å²) >= 11 is 0.968. The predicted molar refractivity (Wildman–Crippen MR) is 124 cm³/mol. The lowest BCUT2D eigenvalue weighted by molar-refractivity contribution is -0.140. The molecule has 5 nitrogen and oxygen atoms in total. The monoisotopic (exact) mass is 554 g/mol. The van der Waals surface area contributed by atoms with Gasteiger partial charge in [-0.25, -0.2) is 9.98 Å². The Bertz CT molecular complexity index is 808. The number of hydrogen-bond donors (Lipinski definition) is 2. The maximum Gasteiger partial charge on any atom is 0.434 e. The molecule has 166 valence electrons. The van der Waals surface area contributed by atoms with Crippen molar-refractivity contribution in [3.63, 3.8) is 0 Å². The minimum atomic E-state index is -4.42. The van der Waals surface area contributed by atoms with E-state index in [4.69, 9.17) is 4.74 Å². The third kappa shape index (κ3) is 6.55. The number of aromatic nitrogens is 1. The van der Waals surface area contributed by atoms with Crippen molar-refractivity contribution in [2.75, 3.05) is 26.3 Å². The van der Waals surface area contributed by atoms with Gasteiger partial charge in [-0.1, -0.05) is 30.3 Å². The summed E-state index contributed by atoms with van der Waals surface area (Å²) in [7, 11) is 0. The molecule has 0 amide bonds. The Morgan fingerprint density at radius 2 is 1.90 bits per heavy atom. The van der Waals surface area contributed by atoms with Gasteiger partial charge in [0.15, 0.2) is 11.7 Å². The summed E-state index contributed by atoms with van der Waals surface area (Å²) in [6.07, 6.45) is -2.64. The molecule has 1 aliphatic heterocycles. The Kier molecular flexibility index (Phi) is 9.35. The normalized spacial score (nSPS) is 16.6. The second kappa shape index (κ2) is 11.3. The molecule has 2 heterocycles. The van der Waals surface area contributed by atoms with Gasteiger partial charge in [-0.3, -0.25) is 0 Å². The molecule has 3 rings (SSSR count). The zero-order valence-corrected chi connectivity index (χ0v) is 19.8. The number of alkyl halides is 3. The number of halogens is 4. The van der Waals surface area contributed by atoms with Gasteiger partial charge < -0.3 is 15.4 Å². The summed E-state index contributed by atoms with van der Waals surface area (Å²) < 4.78 is 43.7. The van der Waals surface area contributed by atoms with E-state index in [9.17, 15) is 13.2 Å². The van der Waals surface area contributed by atoms with E-state index in [1.54, 1.807) is 0 Å². The maximum absolute atomic E-state index is 12.7. The van der Waals surface area contributed by atoms with Gasteiger partial charge in [-0.05, 0) is 25.3 Å². The van der Waals surface area contributed by atoms with E-state index in [-0.39, 0.29) is 35.9 Å². The molecule has 2 aromatic rings. The smallest absolute Gasteiger partial charge is 0.381 e. The molecule has 0 aliphatic carbocycles. The highest BCUT2D eigenvalue weighted by Crippen LogP contribution is 2.34. The molecule has 30 heavy (non-hydrogen) atoms. The number of nitrogens with one attached hydrogen (secondary N) is 2. The van der Waals surface area contributed by atoms with Crippen LogP contribution in [0, 0.1) is 0 Å². The van der Waals surface area contributed by atoms with Gasteiger partial charge in [0.05, 0.1) is 6.54 Å². The van der Waals surface area contributed by atoms with Crippen molar-refractivity contribution in [2.45, 2.75) is 37.9 Å². The molecule has 0 radical (unpaired) electrons. The van der Waals surface area contributed by atoms with Crippen LogP contribution in [-0.2, 0) is 22.9 Å².